The van der Waals surface area contributed by atoms with Crippen molar-refractivity contribution in [2.24, 2.45) is 0 Å². The molecule has 0 saturated carbocycles. The van der Waals surface area contributed by atoms with Gasteiger partial charge in [-0.3, -0.25) is 10.1 Å². The Kier molecular flexibility index (Phi) is 3.54. The molecule has 0 spiro atoms. The molecule has 2 aromatic heterocycles. The van der Waals surface area contributed by atoms with Crippen molar-refractivity contribution in [2.75, 3.05) is 0 Å². The van der Waals surface area contributed by atoms with Crippen LogP contribution in [0.5, 0.6) is 0 Å². The van der Waals surface area contributed by atoms with E-state index in [9.17, 15) is 23.3 Å². The third-order valence-corrected chi connectivity index (χ3v) is 4.78. The summed E-state index contributed by atoms with van der Waals surface area (Å²) in [7, 11) is 0. The molecule has 2 aromatic rings. The lowest BCUT2D eigenvalue weighted by Crippen LogP contribution is -2.03. The molecule has 0 aliphatic heterocycles. The van der Waals surface area contributed by atoms with Gasteiger partial charge in [-0.1, -0.05) is 11.3 Å². The highest BCUT2D eigenvalue weighted by molar-refractivity contribution is 8.02. The Balaban J connectivity index is 2.22. The monoisotopic (exact) mass is 313 g/mol. The highest BCUT2D eigenvalue weighted by atomic mass is 32.2. The number of thiophene rings is 1. The zero-order valence-corrected chi connectivity index (χ0v) is 10.6. The maximum atomic E-state index is 12.3. The van der Waals surface area contributed by atoms with E-state index in [4.69, 9.17) is 0 Å². The summed E-state index contributed by atoms with van der Waals surface area (Å²) in [6.07, 6.45) is -4.54. The van der Waals surface area contributed by atoms with Crippen molar-refractivity contribution in [2.45, 2.75) is 14.7 Å². The first-order valence-electron chi connectivity index (χ1n) is 4.18. The zero-order chi connectivity index (χ0) is 13.3. The first-order chi connectivity index (χ1) is 8.38. The molecule has 0 aromatic carbocycles. The molecule has 0 radical (unpaired) electrons. The van der Waals surface area contributed by atoms with Crippen molar-refractivity contribution >= 4 is 40.1 Å². The van der Waals surface area contributed by atoms with Crippen LogP contribution in [0.3, 0.4) is 0 Å². The first kappa shape index (κ1) is 13.2. The standard InChI is InChI=1S/C7H2F3N3O2S3/c8-7(9,10)5-11-12-6(18-5)17-4-3(13(14)15)1-2-16-4/h1-2H. The number of hydrogen-bond acceptors (Lipinski definition) is 7. The molecule has 2 rings (SSSR count). The molecule has 0 N–H and O–H groups in total. The normalized spacial score (nSPS) is 11.7. The SMILES string of the molecule is O=[N+]([O-])c1ccsc1Sc1nnc(C(F)(F)F)s1. The lowest BCUT2D eigenvalue weighted by Gasteiger charge is -1.97. The van der Waals surface area contributed by atoms with Crippen molar-refractivity contribution < 1.29 is 18.1 Å². The number of alkyl halides is 3. The fourth-order valence-corrected chi connectivity index (χ4v) is 3.87. The molecule has 0 saturated heterocycles. The Morgan fingerprint density at radius 3 is 2.67 bits per heavy atom. The minimum absolute atomic E-state index is 0.0212. The van der Waals surface area contributed by atoms with E-state index in [1.807, 2.05) is 0 Å². The number of halogens is 3. The van der Waals surface area contributed by atoms with Crippen molar-refractivity contribution in [3.8, 4) is 0 Å². The maximum Gasteiger partial charge on any atom is 0.445 e. The Hall–Kier alpha value is -1.20. The number of nitro groups is 1. The number of rotatable bonds is 3. The van der Waals surface area contributed by atoms with Crippen molar-refractivity contribution in [3.63, 3.8) is 0 Å². The predicted molar refractivity (Wildman–Crippen MR) is 60.0 cm³/mol. The molecule has 0 aliphatic carbocycles. The van der Waals surface area contributed by atoms with Gasteiger partial charge in [0.25, 0.3) is 5.69 Å². The lowest BCUT2D eigenvalue weighted by molar-refractivity contribution is -0.387. The average molecular weight is 313 g/mol. The van der Waals surface area contributed by atoms with E-state index < -0.39 is 16.1 Å². The Labute approximate surface area is 110 Å². The van der Waals surface area contributed by atoms with E-state index in [1.165, 1.54) is 11.4 Å². The Bertz CT molecular complexity index is 580. The highest BCUT2D eigenvalue weighted by Gasteiger charge is 2.36. The first-order valence-corrected chi connectivity index (χ1v) is 6.69. The topological polar surface area (TPSA) is 68.9 Å². The van der Waals surface area contributed by atoms with E-state index >= 15 is 0 Å². The van der Waals surface area contributed by atoms with Crippen LogP contribution in [0.2, 0.25) is 0 Å². The molecule has 18 heavy (non-hydrogen) atoms. The molecule has 0 bridgehead atoms. The number of hydrogen-bond donors (Lipinski definition) is 0. The van der Waals surface area contributed by atoms with Crippen LogP contribution in [0.4, 0.5) is 18.9 Å². The van der Waals surface area contributed by atoms with Crippen LogP contribution in [0.15, 0.2) is 20.0 Å². The molecule has 0 aliphatic rings. The van der Waals surface area contributed by atoms with Gasteiger partial charge in [-0.2, -0.15) is 13.2 Å². The minimum Gasteiger partial charge on any atom is -0.258 e. The van der Waals surface area contributed by atoms with Crippen LogP contribution in [-0.4, -0.2) is 15.1 Å². The van der Waals surface area contributed by atoms with Gasteiger partial charge in [-0.25, -0.2) is 0 Å². The van der Waals surface area contributed by atoms with Crippen LogP contribution in [-0.2, 0) is 6.18 Å². The molecular formula is C7H2F3N3O2S3. The van der Waals surface area contributed by atoms with E-state index in [-0.39, 0.29) is 14.2 Å². The maximum absolute atomic E-state index is 12.3. The molecule has 0 amide bonds. The Morgan fingerprint density at radius 1 is 1.39 bits per heavy atom. The molecular weight excluding hydrogens is 311 g/mol. The van der Waals surface area contributed by atoms with Gasteiger partial charge in [0.1, 0.15) is 4.21 Å². The van der Waals surface area contributed by atoms with E-state index in [1.54, 1.807) is 0 Å². The van der Waals surface area contributed by atoms with Gasteiger partial charge < -0.3 is 0 Å². The third kappa shape index (κ3) is 2.79. The molecule has 96 valence electrons. The van der Waals surface area contributed by atoms with Gasteiger partial charge >= 0.3 is 6.18 Å². The zero-order valence-electron chi connectivity index (χ0n) is 8.17. The van der Waals surface area contributed by atoms with Crippen molar-refractivity contribution in [1.82, 2.24) is 10.2 Å². The number of aromatic nitrogens is 2. The molecule has 2 heterocycles. The molecule has 11 heteroatoms. The summed E-state index contributed by atoms with van der Waals surface area (Å²) in [5.74, 6) is 0. The lowest BCUT2D eigenvalue weighted by atomic mass is 10.6. The second kappa shape index (κ2) is 4.82. The number of nitrogens with zero attached hydrogens (tertiary/aromatic N) is 3. The summed E-state index contributed by atoms with van der Waals surface area (Å²) in [5.41, 5.74) is -0.145. The smallest absolute Gasteiger partial charge is 0.258 e. The summed E-state index contributed by atoms with van der Waals surface area (Å²) in [4.78, 5) is 10.0. The van der Waals surface area contributed by atoms with Gasteiger partial charge in [0.15, 0.2) is 4.34 Å². The third-order valence-electron chi connectivity index (χ3n) is 1.64. The fraction of sp³-hybridized carbons (Fsp3) is 0.143. The summed E-state index contributed by atoms with van der Waals surface area (Å²) >= 11 is 2.23. The van der Waals surface area contributed by atoms with Gasteiger partial charge in [-0.15, -0.1) is 21.5 Å². The van der Waals surface area contributed by atoms with Crippen LogP contribution in [0, 0.1) is 10.1 Å². The Morgan fingerprint density at radius 2 is 2.11 bits per heavy atom. The summed E-state index contributed by atoms with van der Waals surface area (Å²) in [5, 5.41) is 17.4. The molecule has 5 nitrogen and oxygen atoms in total. The molecule has 0 fully saturated rings. The van der Waals surface area contributed by atoms with E-state index in [0.29, 0.717) is 11.3 Å². The van der Waals surface area contributed by atoms with Gasteiger partial charge in [-0.05, 0) is 17.1 Å². The van der Waals surface area contributed by atoms with E-state index in [2.05, 4.69) is 10.2 Å². The highest BCUT2D eigenvalue weighted by Crippen LogP contribution is 2.42. The van der Waals surface area contributed by atoms with Crippen molar-refractivity contribution in [1.29, 1.82) is 0 Å². The molecule has 0 unspecified atom stereocenters. The average Bonchev–Trinajstić information content (AvgIpc) is 2.85. The second-order valence-corrected chi connectivity index (χ2v) is 6.23. The summed E-state index contributed by atoms with van der Waals surface area (Å²) < 4.78 is 37.1. The largest absolute Gasteiger partial charge is 0.445 e. The van der Waals surface area contributed by atoms with Gasteiger partial charge in [0, 0.05) is 6.07 Å². The quantitative estimate of drug-likeness (QED) is 0.638. The van der Waals surface area contributed by atoms with Crippen LogP contribution >= 0.6 is 34.4 Å². The van der Waals surface area contributed by atoms with Crippen LogP contribution < -0.4 is 0 Å². The molecule has 0 atom stereocenters. The van der Waals surface area contributed by atoms with E-state index in [0.717, 1.165) is 23.1 Å². The van der Waals surface area contributed by atoms with Gasteiger partial charge in [0.2, 0.25) is 5.01 Å². The predicted octanol–water partition coefficient (Wildman–Crippen LogP) is 3.68. The summed E-state index contributed by atoms with van der Waals surface area (Å²) in [6.45, 7) is 0. The second-order valence-electron chi connectivity index (χ2n) is 2.82. The summed E-state index contributed by atoms with van der Waals surface area (Å²) in [6, 6.07) is 1.29. The van der Waals surface area contributed by atoms with Crippen LogP contribution in [0.25, 0.3) is 0 Å². The van der Waals surface area contributed by atoms with Crippen molar-refractivity contribution in [3.05, 3.63) is 26.6 Å². The minimum atomic E-state index is -4.54. The fourth-order valence-electron chi connectivity index (χ4n) is 0.945. The van der Waals surface area contributed by atoms with Gasteiger partial charge in [0.05, 0.1) is 4.92 Å². The van der Waals surface area contributed by atoms with Crippen LogP contribution in [0.1, 0.15) is 5.01 Å².